The maximum atomic E-state index is 6.01. The van der Waals surface area contributed by atoms with Gasteiger partial charge < -0.3 is 9.72 Å². The minimum atomic E-state index is 0.0664. The lowest BCUT2D eigenvalue weighted by Gasteiger charge is -2.16. The van der Waals surface area contributed by atoms with Crippen molar-refractivity contribution in [2.75, 3.05) is 0 Å². The predicted octanol–water partition coefficient (Wildman–Crippen LogP) is 5.15. The van der Waals surface area contributed by atoms with Crippen LogP contribution in [0, 0.1) is 13.8 Å². The molecule has 4 nitrogen and oxygen atoms in total. The van der Waals surface area contributed by atoms with Gasteiger partial charge in [0.25, 0.3) is 0 Å². The summed E-state index contributed by atoms with van der Waals surface area (Å²) < 4.78 is 6.01. The van der Waals surface area contributed by atoms with Crippen LogP contribution in [-0.4, -0.2) is 21.1 Å². The summed E-state index contributed by atoms with van der Waals surface area (Å²) in [6.45, 7) is 12.5. The fourth-order valence-electron chi connectivity index (χ4n) is 2.82. The van der Waals surface area contributed by atoms with E-state index in [0.717, 1.165) is 39.1 Å². The molecule has 24 heavy (non-hydrogen) atoms. The monoisotopic (exact) mass is 323 g/mol. The maximum absolute atomic E-state index is 6.01. The third kappa shape index (κ3) is 3.01. The zero-order valence-corrected chi connectivity index (χ0v) is 15.3. The molecule has 0 radical (unpaired) electrons. The number of nitrogens with zero attached hydrogens (tertiary/aromatic N) is 2. The van der Waals surface area contributed by atoms with E-state index in [1.807, 2.05) is 20.0 Å². The molecule has 0 bridgehead atoms. The Morgan fingerprint density at radius 2 is 1.75 bits per heavy atom. The third-order valence-electron chi connectivity index (χ3n) is 4.11. The Bertz CT molecular complexity index is 878. The van der Waals surface area contributed by atoms with Gasteiger partial charge in [-0.1, -0.05) is 13.8 Å². The number of aromatic nitrogens is 3. The van der Waals surface area contributed by atoms with Gasteiger partial charge in [-0.2, -0.15) is 0 Å². The molecule has 3 rings (SSSR count). The van der Waals surface area contributed by atoms with Crippen molar-refractivity contribution >= 4 is 11.0 Å². The van der Waals surface area contributed by atoms with Crippen molar-refractivity contribution in [1.82, 2.24) is 15.0 Å². The highest BCUT2D eigenvalue weighted by atomic mass is 16.5. The molecule has 0 amide bonds. The molecule has 3 heterocycles. The van der Waals surface area contributed by atoms with Gasteiger partial charge in [0.2, 0.25) is 5.88 Å². The average molecular weight is 323 g/mol. The van der Waals surface area contributed by atoms with Crippen LogP contribution in [0.25, 0.3) is 22.3 Å². The first-order valence-corrected chi connectivity index (χ1v) is 8.50. The number of hydrogen-bond donors (Lipinski definition) is 1. The number of aromatic amines is 1. The van der Waals surface area contributed by atoms with Gasteiger partial charge in [0, 0.05) is 11.9 Å². The van der Waals surface area contributed by atoms with Crippen molar-refractivity contribution in [2.45, 2.75) is 53.6 Å². The Morgan fingerprint density at radius 1 is 1.00 bits per heavy atom. The first-order valence-electron chi connectivity index (χ1n) is 8.50. The van der Waals surface area contributed by atoms with E-state index in [1.54, 1.807) is 0 Å². The van der Waals surface area contributed by atoms with Crippen molar-refractivity contribution in [3.63, 3.8) is 0 Å². The van der Waals surface area contributed by atoms with Crippen molar-refractivity contribution in [2.24, 2.45) is 0 Å². The lowest BCUT2D eigenvalue weighted by Crippen LogP contribution is -2.10. The number of nitrogens with one attached hydrogen (secondary N) is 1. The number of aryl methyl sites for hydroxylation is 2. The van der Waals surface area contributed by atoms with E-state index in [-0.39, 0.29) is 6.10 Å². The second-order valence-electron chi connectivity index (χ2n) is 6.93. The molecule has 0 aliphatic rings. The van der Waals surface area contributed by atoms with Gasteiger partial charge in [-0.15, -0.1) is 0 Å². The highest BCUT2D eigenvalue weighted by Gasteiger charge is 2.17. The molecule has 126 valence electrons. The second kappa shape index (κ2) is 6.27. The number of pyridine rings is 2. The minimum absolute atomic E-state index is 0.0664. The van der Waals surface area contributed by atoms with E-state index in [0.29, 0.717) is 11.8 Å². The SMILES string of the molecule is Cc1cc2[nH]cc(C)c2nc1-c1ccc(C(C)C)nc1OC(C)C. The van der Waals surface area contributed by atoms with Crippen LogP contribution in [0.3, 0.4) is 0 Å². The van der Waals surface area contributed by atoms with Gasteiger partial charge in [0.15, 0.2) is 0 Å². The van der Waals surface area contributed by atoms with Crippen LogP contribution in [-0.2, 0) is 0 Å². The molecule has 0 spiro atoms. The molecule has 0 aliphatic carbocycles. The summed E-state index contributed by atoms with van der Waals surface area (Å²) in [6.07, 6.45) is 2.06. The van der Waals surface area contributed by atoms with Crippen LogP contribution < -0.4 is 4.74 Å². The highest BCUT2D eigenvalue weighted by molar-refractivity contribution is 5.84. The summed E-state index contributed by atoms with van der Waals surface area (Å²) in [5.74, 6) is 1.02. The van der Waals surface area contributed by atoms with Gasteiger partial charge in [-0.3, -0.25) is 0 Å². The van der Waals surface area contributed by atoms with Crippen LogP contribution in [0.15, 0.2) is 24.4 Å². The molecular weight excluding hydrogens is 298 g/mol. The smallest absolute Gasteiger partial charge is 0.223 e. The maximum Gasteiger partial charge on any atom is 0.223 e. The van der Waals surface area contributed by atoms with Crippen molar-refractivity contribution in [1.29, 1.82) is 0 Å². The van der Waals surface area contributed by atoms with Crippen LogP contribution in [0.5, 0.6) is 5.88 Å². The molecule has 0 atom stereocenters. The number of H-pyrrole nitrogens is 1. The number of rotatable bonds is 4. The van der Waals surface area contributed by atoms with Crippen molar-refractivity contribution < 1.29 is 4.74 Å². The fraction of sp³-hybridized carbons (Fsp3) is 0.400. The molecule has 0 fully saturated rings. The summed E-state index contributed by atoms with van der Waals surface area (Å²) in [4.78, 5) is 12.9. The molecule has 3 aromatic rings. The second-order valence-corrected chi connectivity index (χ2v) is 6.93. The van der Waals surface area contributed by atoms with Crippen molar-refractivity contribution in [3.05, 3.63) is 41.2 Å². The standard InChI is InChI=1S/C20H25N3O/c1-11(2)16-8-7-15(20(22-16)24-12(3)4)18-13(5)9-17-19(23-18)14(6)10-21-17/h7-12,21H,1-6H3. The molecule has 0 unspecified atom stereocenters. The zero-order valence-electron chi connectivity index (χ0n) is 15.3. The number of hydrogen-bond acceptors (Lipinski definition) is 3. The first-order chi connectivity index (χ1) is 11.4. The van der Waals surface area contributed by atoms with Crippen LogP contribution in [0.1, 0.15) is 50.4 Å². The first kappa shape index (κ1) is 16.5. The van der Waals surface area contributed by atoms with Gasteiger partial charge in [-0.25, -0.2) is 9.97 Å². The minimum Gasteiger partial charge on any atom is -0.474 e. The van der Waals surface area contributed by atoms with Crippen LogP contribution >= 0.6 is 0 Å². The Kier molecular flexibility index (Phi) is 4.31. The number of ether oxygens (including phenoxy) is 1. The Balaban J connectivity index is 2.20. The Labute approximate surface area is 143 Å². The molecular formula is C20H25N3O. The van der Waals surface area contributed by atoms with Gasteiger partial charge in [0.05, 0.1) is 28.4 Å². The largest absolute Gasteiger partial charge is 0.474 e. The lowest BCUT2D eigenvalue weighted by atomic mass is 10.0. The van der Waals surface area contributed by atoms with Gasteiger partial charge in [-0.05, 0) is 62.9 Å². The Hall–Kier alpha value is -2.36. The summed E-state index contributed by atoms with van der Waals surface area (Å²) in [5.41, 5.74) is 7.23. The predicted molar refractivity (Wildman–Crippen MR) is 98.7 cm³/mol. The van der Waals surface area contributed by atoms with E-state index in [4.69, 9.17) is 14.7 Å². The third-order valence-corrected chi connectivity index (χ3v) is 4.11. The molecule has 1 N–H and O–H groups in total. The molecule has 4 heteroatoms. The van der Waals surface area contributed by atoms with Gasteiger partial charge >= 0.3 is 0 Å². The van der Waals surface area contributed by atoms with Gasteiger partial charge in [0.1, 0.15) is 0 Å². The Morgan fingerprint density at radius 3 is 2.42 bits per heavy atom. The lowest BCUT2D eigenvalue weighted by molar-refractivity contribution is 0.233. The van der Waals surface area contributed by atoms with Crippen LogP contribution in [0.4, 0.5) is 0 Å². The van der Waals surface area contributed by atoms with E-state index in [9.17, 15) is 0 Å². The molecule has 0 aromatic carbocycles. The summed E-state index contributed by atoms with van der Waals surface area (Å²) >= 11 is 0. The van der Waals surface area contributed by atoms with E-state index in [1.165, 1.54) is 0 Å². The van der Waals surface area contributed by atoms with E-state index in [2.05, 4.69) is 50.9 Å². The number of fused-ring (bicyclic) bond motifs is 1. The highest BCUT2D eigenvalue weighted by Crippen LogP contribution is 2.33. The van der Waals surface area contributed by atoms with E-state index >= 15 is 0 Å². The normalized spacial score (nSPS) is 11.7. The van der Waals surface area contributed by atoms with Crippen LogP contribution in [0.2, 0.25) is 0 Å². The van der Waals surface area contributed by atoms with Crippen molar-refractivity contribution in [3.8, 4) is 17.1 Å². The van der Waals surface area contributed by atoms with E-state index < -0.39 is 0 Å². The quantitative estimate of drug-likeness (QED) is 0.722. The molecule has 3 aromatic heterocycles. The summed E-state index contributed by atoms with van der Waals surface area (Å²) in [5, 5.41) is 0. The topological polar surface area (TPSA) is 50.8 Å². The average Bonchev–Trinajstić information content (AvgIpc) is 2.86. The summed E-state index contributed by atoms with van der Waals surface area (Å²) in [6, 6.07) is 6.30. The summed E-state index contributed by atoms with van der Waals surface area (Å²) in [7, 11) is 0. The zero-order chi connectivity index (χ0) is 17.4. The fourth-order valence-corrected chi connectivity index (χ4v) is 2.82. The molecule has 0 saturated carbocycles. The molecule has 0 saturated heterocycles. The molecule has 0 aliphatic heterocycles.